The van der Waals surface area contributed by atoms with Gasteiger partial charge >= 0.3 is 0 Å². The zero-order chi connectivity index (χ0) is 18.1. The first-order valence-electron chi connectivity index (χ1n) is 9.60. The fraction of sp³-hybridized carbons (Fsp3) is 0.550. The molecule has 2 unspecified atom stereocenters. The van der Waals surface area contributed by atoms with Crippen LogP contribution in [0.4, 0.5) is 0 Å². The average molecular weight is 354 g/mol. The lowest BCUT2D eigenvalue weighted by Gasteiger charge is -2.23. The molecule has 138 valence electrons. The molecule has 1 N–H and O–H groups in total. The Balaban J connectivity index is 1.33. The number of hydrogen-bond donors (Lipinski definition) is 1. The third-order valence-corrected chi connectivity index (χ3v) is 5.98. The highest BCUT2D eigenvalue weighted by Crippen LogP contribution is 2.35. The quantitative estimate of drug-likeness (QED) is 0.512. The van der Waals surface area contributed by atoms with Crippen molar-refractivity contribution in [2.45, 2.75) is 25.7 Å². The van der Waals surface area contributed by atoms with Crippen molar-refractivity contribution >= 4 is 17.8 Å². The van der Waals surface area contributed by atoms with Gasteiger partial charge in [0.2, 0.25) is 0 Å². The maximum Gasteiger partial charge on any atom is 0.261 e. The molecular weight excluding hydrogens is 328 g/mol. The molecule has 6 heteroatoms. The Morgan fingerprint density at radius 3 is 2.19 bits per heavy atom. The number of benzene rings is 1. The van der Waals surface area contributed by atoms with Gasteiger partial charge in [0.05, 0.1) is 11.1 Å². The molecule has 0 aromatic heterocycles. The summed E-state index contributed by atoms with van der Waals surface area (Å²) in [5.74, 6) is 2.07. The molecule has 0 spiro atoms. The molecule has 1 aromatic carbocycles. The molecule has 2 atom stereocenters. The van der Waals surface area contributed by atoms with Crippen molar-refractivity contribution in [1.29, 1.82) is 0 Å². The van der Waals surface area contributed by atoms with Gasteiger partial charge in [-0.15, -0.1) is 0 Å². The van der Waals surface area contributed by atoms with Gasteiger partial charge in [0.15, 0.2) is 5.96 Å². The first-order valence-corrected chi connectivity index (χ1v) is 9.60. The summed E-state index contributed by atoms with van der Waals surface area (Å²) in [5.41, 5.74) is 1.01. The maximum absolute atomic E-state index is 12.4. The van der Waals surface area contributed by atoms with Gasteiger partial charge in [-0.25, -0.2) is 0 Å². The summed E-state index contributed by atoms with van der Waals surface area (Å²) >= 11 is 0. The Bertz CT molecular complexity index is 696. The van der Waals surface area contributed by atoms with E-state index in [1.54, 1.807) is 31.3 Å². The molecule has 6 nitrogen and oxygen atoms in total. The molecule has 2 amide bonds. The Morgan fingerprint density at radius 1 is 1.08 bits per heavy atom. The highest BCUT2D eigenvalue weighted by Gasteiger charge is 2.36. The van der Waals surface area contributed by atoms with Crippen LogP contribution < -0.4 is 5.32 Å². The number of rotatable bonds is 3. The zero-order valence-electron chi connectivity index (χ0n) is 15.3. The van der Waals surface area contributed by atoms with E-state index in [1.165, 1.54) is 30.6 Å². The van der Waals surface area contributed by atoms with Crippen molar-refractivity contribution in [2.75, 3.05) is 33.2 Å². The molecule has 0 radical (unpaired) electrons. The van der Waals surface area contributed by atoms with E-state index in [4.69, 9.17) is 0 Å². The normalized spacial score (nSPS) is 25.5. The van der Waals surface area contributed by atoms with Gasteiger partial charge in [-0.05, 0) is 36.8 Å². The Morgan fingerprint density at radius 2 is 1.65 bits per heavy atom. The number of carbonyl (C=O) groups excluding carboxylic acids is 2. The minimum atomic E-state index is -0.199. The number of fused-ring (bicyclic) bond motifs is 2. The van der Waals surface area contributed by atoms with E-state index >= 15 is 0 Å². The molecule has 26 heavy (non-hydrogen) atoms. The number of imide groups is 1. The zero-order valence-corrected chi connectivity index (χ0v) is 15.3. The molecule has 1 saturated carbocycles. The number of amides is 2. The van der Waals surface area contributed by atoms with Gasteiger partial charge in [-0.1, -0.05) is 25.0 Å². The second-order valence-corrected chi connectivity index (χ2v) is 7.49. The summed E-state index contributed by atoms with van der Waals surface area (Å²) in [6, 6.07) is 7.02. The Hall–Kier alpha value is -2.37. The van der Waals surface area contributed by atoms with Crippen molar-refractivity contribution < 1.29 is 9.59 Å². The summed E-state index contributed by atoms with van der Waals surface area (Å²) in [6.07, 6.45) is 5.35. The van der Waals surface area contributed by atoms with Crippen LogP contribution in [0.2, 0.25) is 0 Å². The molecule has 4 rings (SSSR count). The van der Waals surface area contributed by atoms with Crippen molar-refractivity contribution in [3.8, 4) is 0 Å². The van der Waals surface area contributed by atoms with Crippen LogP contribution in [0, 0.1) is 11.8 Å². The van der Waals surface area contributed by atoms with Gasteiger partial charge in [-0.3, -0.25) is 19.5 Å². The molecule has 2 heterocycles. The topological polar surface area (TPSA) is 65.0 Å². The van der Waals surface area contributed by atoms with Crippen LogP contribution >= 0.6 is 0 Å². The maximum atomic E-state index is 12.4. The number of hydrogen-bond acceptors (Lipinski definition) is 3. The predicted octanol–water partition coefficient (Wildman–Crippen LogP) is 1.98. The minimum Gasteiger partial charge on any atom is -0.354 e. The number of likely N-dealkylation sites (tertiary alicyclic amines) is 1. The fourth-order valence-electron chi connectivity index (χ4n) is 4.63. The SMILES string of the molecule is CN=C(NCCN1C(=O)c2ccccc2C1=O)N1CC2CCCCC2C1. The highest BCUT2D eigenvalue weighted by atomic mass is 16.2. The summed E-state index contributed by atoms with van der Waals surface area (Å²) in [5, 5.41) is 3.35. The van der Waals surface area contributed by atoms with Crippen LogP contribution in [0.1, 0.15) is 46.4 Å². The summed E-state index contributed by atoms with van der Waals surface area (Å²) in [7, 11) is 1.80. The van der Waals surface area contributed by atoms with E-state index < -0.39 is 0 Å². The summed E-state index contributed by atoms with van der Waals surface area (Å²) in [6.45, 7) is 3.00. The van der Waals surface area contributed by atoms with Crippen LogP contribution in [-0.4, -0.2) is 60.8 Å². The predicted molar refractivity (Wildman–Crippen MR) is 100 cm³/mol. The first kappa shape index (κ1) is 17.1. The van der Waals surface area contributed by atoms with Crippen LogP contribution in [0.3, 0.4) is 0 Å². The molecule has 2 aliphatic heterocycles. The summed E-state index contributed by atoms with van der Waals surface area (Å²) < 4.78 is 0. The molecular formula is C20H26N4O2. The number of carbonyl (C=O) groups is 2. The van der Waals surface area contributed by atoms with Crippen LogP contribution in [0.5, 0.6) is 0 Å². The molecule has 1 aromatic rings. The van der Waals surface area contributed by atoms with E-state index in [9.17, 15) is 9.59 Å². The number of nitrogens with one attached hydrogen (secondary N) is 1. The minimum absolute atomic E-state index is 0.199. The lowest BCUT2D eigenvalue weighted by Crippen LogP contribution is -2.44. The number of guanidine groups is 1. The average Bonchev–Trinajstić information content (AvgIpc) is 3.20. The van der Waals surface area contributed by atoms with E-state index in [0.29, 0.717) is 24.2 Å². The molecule has 0 bridgehead atoms. The van der Waals surface area contributed by atoms with Crippen LogP contribution in [-0.2, 0) is 0 Å². The molecule has 2 fully saturated rings. The monoisotopic (exact) mass is 354 g/mol. The Labute approximate surface area is 154 Å². The van der Waals surface area contributed by atoms with Crippen molar-refractivity contribution in [3.05, 3.63) is 35.4 Å². The third kappa shape index (κ3) is 2.97. The second-order valence-electron chi connectivity index (χ2n) is 7.49. The highest BCUT2D eigenvalue weighted by molar-refractivity contribution is 6.21. The summed E-state index contributed by atoms with van der Waals surface area (Å²) in [4.78, 5) is 32.9. The van der Waals surface area contributed by atoms with Gasteiger partial charge < -0.3 is 10.2 Å². The van der Waals surface area contributed by atoms with Crippen LogP contribution in [0.25, 0.3) is 0 Å². The van der Waals surface area contributed by atoms with E-state index in [-0.39, 0.29) is 11.8 Å². The van der Waals surface area contributed by atoms with E-state index in [2.05, 4.69) is 15.2 Å². The molecule has 1 aliphatic carbocycles. The Kier molecular flexibility index (Phi) is 4.66. The van der Waals surface area contributed by atoms with Gasteiger partial charge in [0.1, 0.15) is 0 Å². The standard InChI is InChI=1S/C20H26N4O2/c1-21-20(23-12-14-6-2-3-7-15(14)13-23)22-10-11-24-18(25)16-8-4-5-9-17(16)19(24)26/h4-5,8-9,14-15H,2-3,6-7,10-13H2,1H3,(H,21,22). The van der Waals surface area contributed by atoms with Crippen molar-refractivity contribution in [3.63, 3.8) is 0 Å². The lowest BCUT2D eigenvalue weighted by molar-refractivity contribution is 0.0657. The smallest absolute Gasteiger partial charge is 0.261 e. The number of nitrogens with zero attached hydrogens (tertiary/aromatic N) is 3. The van der Waals surface area contributed by atoms with Gasteiger partial charge in [0.25, 0.3) is 11.8 Å². The van der Waals surface area contributed by atoms with Crippen LogP contribution in [0.15, 0.2) is 29.3 Å². The van der Waals surface area contributed by atoms with Crippen molar-refractivity contribution in [1.82, 2.24) is 15.1 Å². The van der Waals surface area contributed by atoms with Gasteiger partial charge in [-0.2, -0.15) is 0 Å². The fourth-order valence-corrected chi connectivity index (χ4v) is 4.63. The van der Waals surface area contributed by atoms with E-state index in [0.717, 1.165) is 30.9 Å². The largest absolute Gasteiger partial charge is 0.354 e. The van der Waals surface area contributed by atoms with Gasteiger partial charge in [0, 0.05) is 33.2 Å². The molecule has 1 saturated heterocycles. The number of aliphatic imine (C=N–C) groups is 1. The second kappa shape index (κ2) is 7.09. The third-order valence-electron chi connectivity index (χ3n) is 5.98. The first-order chi connectivity index (χ1) is 12.7. The molecule has 3 aliphatic rings. The van der Waals surface area contributed by atoms with E-state index in [1.807, 2.05) is 0 Å². The van der Waals surface area contributed by atoms with Crippen molar-refractivity contribution in [2.24, 2.45) is 16.8 Å². The lowest BCUT2D eigenvalue weighted by atomic mass is 9.82.